The largest absolute Gasteiger partial charge is 0.338 e. The molecule has 1 saturated carbocycles. The van der Waals surface area contributed by atoms with Crippen LogP contribution in [0.4, 0.5) is 0 Å². The average Bonchev–Trinajstić information content (AvgIpc) is 3.23. The summed E-state index contributed by atoms with van der Waals surface area (Å²) in [5.41, 5.74) is -0.997. The van der Waals surface area contributed by atoms with E-state index in [1.165, 1.54) is 14.1 Å². The number of aromatic nitrogens is 4. The fourth-order valence-electron chi connectivity index (χ4n) is 2.22. The monoisotopic (exact) mass is 340 g/mol. The quantitative estimate of drug-likeness (QED) is 0.717. The highest BCUT2D eigenvalue weighted by Crippen LogP contribution is 2.38. The van der Waals surface area contributed by atoms with Gasteiger partial charge in [0, 0.05) is 31.8 Å². The fraction of sp³-hybridized carbons (Fsp3) is 0.538. The van der Waals surface area contributed by atoms with Crippen molar-refractivity contribution in [3.8, 4) is 0 Å². The molecule has 3 rings (SSSR count). The Kier molecular flexibility index (Phi) is 3.71. The molecule has 2 aromatic heterocycles. The van der Waals surface area contributed by atoms with Crippen LogP contribution in [0, 0.1) is 0 Å². The summed E-state index contributed by atoms with van der Waals surface area (Å²) in [6.45, 7) is 0. The van der Waals surface area contributed by atoms with E-state index in [1.807, 2.05) is 0 Å². The molecule has 0 aliphatic heterocycles. The fourth-order valence-corrected chi connectivity index (χ4v) is 3.54. The Bertz CT molecular complexity index is 965. The van der Waals surface area contributed by atoms with Crippen LogP contribution in [0.25, 0.3) is 0 Å². The molecule has 124 valence electrons. The van der Waals surface area contributed by atoms with Crippen molar-refractivity contribution in [3.05, 3.63) is 44.3 Å². The SMILES string of the molecule is Cn1c(CS(=O)(=O)Cc2nc(C3CC3)no2)cc(=O)n(C)c1=O. The minimum absolute atomic E-state index is 0.0285. The van der Waals surface area contributed by atoms with Gasteiger partial charge in [-0.05, 0) is 12.8 Å². The molecule has 1 aliphatic carbocycles. The van der Waals surface area contributed by atoms with E-state index in [2.05, 4.69) is 10.1 Å². The van der Waals surface area contributed by atoms with Crippen molar-refractivity contribution in [3.63, 3.8) is 0 Å². The van der Waals surface area contributed by atoms with Crippen LogP contribution in [-0.2, 0) is 35.4 Å². The summed E-state index contributed by atoms with van der Waals surface area (Å²) in [4.78, 5) is 27.6. The average molecular weight is 340 g/mol. The highest BCUT2D eigenvalue weighted by atomic mass is 32.2. The first kappa shape index (κ1) is 15.7. The standard InChI is InChI=1S/C13H16N4O5S/c1-16-9(5-11(18)17(2)13(16)19)6-23(20,21)7-10-14-12(15-22-10)8-3-4-8/h5,8H,3-4,6-7H2,1-2H3. The summed E-state index contributed by atoms with van der Waals surface area (Å²) < 4.78 is 31.6. The lowest BCUT2D eigenvalue weighted by Gasteiger charge is -2.09. The van der Waals surface area contributed by atoms with Crippen molar-refractivity contribution >= 4 is 9.84 Å². The third-order valence-corrected chi connectivity index (χ3v) is 5.19. The van der Waals surface area contributed by atoms with Crippen LogP contribution in [-0.4, -0.2) is 27.7 Å². The molecule has 0 saturated heterocycles. The smallest absolute Gasteiger partial charge is 0.330 e. The molecule has 0 unspecified atom stereocenters. The second-order valence-corrected chi connectivity index (χ2v) is 7.79. The van der Waals surface area contributed by atoms with Crippen molar-refractivity contribution in [2.75, 3.05) is 0 Å². The molecule has 10 heteroatoms. The summed E-state index contributed by atoms with van der Waals surface area (Å²) in [6, 6.07) is 1.14. The normalized spacial score (nSPS) is 15.0. The summed E-state index contributed by atoms with van der Waals surface area (Å²) in [7, 11) is -0.897. The van der Waals surface area contributed by atoms with Gasteiger partial charge in [-0.15, -0.1) is 0 Å². The van der Waals surface area contributed by atoms with Crippen LogP contribution in [0.2, 0.25) is 0 Å². The third kappa shape index (κ3) is 3.26. The molecular formula is C13H16N4O5S. The Morgan fingerprint density at radius 1 is 1.22 bits per heavy atom. The van der Waals surface area contributed by atoms with Crippen molar-refractivity contribution in [1.29, 1.82) is 0 Å². The van der Waals surface area contributed by atoms with Gasteiger partial charge < -0.3 is 4.52 Å². The maximum atomic E-state index is 12.3. The van der Waals surface area contributed by atoms with Crippen molar-refractivity contribution in [1.82, 2.24) is 19.3 Å². The number of nitrogens with zero attached hydrogens (tertiary/aromatic N) is 4. The minimum Gasteiger partial charge on any atom is -0.338 e. The first-order valence-corrected chi connectivity index (χ1v) is 8.88. The van der Waals surface area contributed by atoms with Gasteiger partial charge >= 0.3 is 5.69 Å². The van der Waals surface area contributed by atoms with Crippen LogP contribution in [0.5, 0.6) is 0 Å². The van der Waals surface area contributed by atoms with Crippen LogP contribution in [0.3, 0.4) is 0 Å². The highest BCUT2D eigenvalue weighted by molar-refractivity contribution is 7.89. The molecular weight excluding hydrogens is 324 g/mol. The van der Waals surface area contributed by atoms with Crippen LogP contribution in [0.15, 0.2) is 20.2 Å². The van der Waals surface area contributed by atoms with E-state index in [0.29, 0.717) is 5.82 Å². The lowest BCUT2D eigenvalue weighted by Crippen LogP contribution is -2.38. The topological polar surface area (TPSA) is 117 Å². The molecule has 0 N–H and O–H groups in total. The molecule has 0 spiro atoms. The maximum absolute atomic E-state index is 12.3. The van der Waals surface area contributed by atoms with Gasteiger partial charge in [0.05, 0.1) is 5.75 Å². The second-order valence-electron chi connectivity index (χ2n) is 5.73. The Balaban J connectivity index is 1.83. The number of hydrogen-bond acceptors (Lipinski definition) is 7. The summed E-state index contributed by atoms with van der Waals surface area (Å²) in [6.07, 6.45) is 1.97. The minimum atomic E-state index is -3.65. The zero-order valence-electron chi connectivity index (χ0n) is 12.7. The Labute approximate surface area is 131 Å². The van der Waals surface area contributed by atoms with Crippen LogP contribution in [0.1, 0.15) is 36.2 Å². The molecule has 9 nitrogen and oxygen atoms in total. The molecule has 0 amide bonds. The van der Waals surface area contributed by atoms with E-state index in [-0.39, 0.29) is 17.5 Å². The van der Waals surface area contributed by atoms with Gasteiger partial charge in [0.2, 0.25) is 5.89 Å². The Hall–Kier alpha value is -2.23. The first-order chi connectivity index (χ1) is 10.8. The maximum Gasteiger partial charge on any atom is 0.330 e. The van der Waals surface area contributed by atoms with Gasteiger partial charge in [0.25, 0.3) is 5.56 Å². The number of hydrogen-bond donors (Lipinski definition) is 0. The van der Waals surface area contributed by atoms with E-state index in [4.69, 9.17) is 4.52 Å². The van der Waals surface area contributed by atoms with Crippen molar-refractivity contribution in [2.45, 2.75) is 30.3 Å². The van der Waals surface area contributed by atoms with Gasteiger partial charge in [-0.1, -0.05) is 5.16 Å². The summed E-state index contributed by atoms with van der Waals surface area (Å²) in [5, 5.41) is 3.77. The van der Waals surface area contributed by atoms with E-state index < -0.39 is 32.6 Å². The molecule has 0 aromatic carbocycles. The molecule has 0 atom stereocenters. The van der Waals surface area contributed by atoms with Crippen molar-refractivity contribution < 1.29 is 12.9 Å². The number of sulfone groups is 1. The Morgan fingerprint density at radius 3 is 2.57 bits per heavy atom. The second kappa shape index (κ2) is 5.44. The van der Waals surface area contributed by atoms with Crippen LogP contribution >= 0.6 is 0 Å². The third-order valence-electron chi connectivity index (χ3n) is 3.76. The lowest BCUT2D eigenvalue weighted by molar-refractivity contribution is 0.382. The Morgan fingerprint density at radius 2 is 1.91 bits per heavy atom. The van der Waals surface area contributed by atoms with Gasteiger partial charge in [0.15, 0.2) is 15.7 Å². The van der Waals surface area contributed by atoms with Gasteiger partial charge in [0.1, 0.15) is 5.75 Å². The van der Waals surface area contributed by atoms with E-state index in [0.717, 1.165) is 28.0 Å². The lowest BCUT2D eigenvalue weighted by atomic mass is 10.4. The van der Waals surface area contributed by atoms with E-state index >= 15 is 0 Å². The predicted molar refractivity (Wildman–Crippen MR) is 79.5 cm³/mol. The van der Waals surface area contributed by atoms with Crippen LogP contribution < -0.4 is 11.2 Å². The molecule has 2 heterocycles. The molecule has 0 radical (unpaired) electrons. The summed E-state index contributed by atoms with van der Waals surface area (Å²) in [5.74, 6) is -0.0309. The highest BCUT2D eigenvalue weighted by Gasteiger charge is 2.29. The molecule has 1 aliphatic rings. The van der Waals surface area contributed by atoms with Gasteiger partial charge in [-0.3, -0.25) is 13.9 Å². The van der Waals surface area contributed by atoms with Gasteiger partial charge in [-0.2, -0.15) is 4.98 Å². The molecule has 2 aromatic rings. The predicted octanol–water partition coefficient (Wildman–Crippen LogP) is -0.541. The zero-order chi connectivity index (χ0) is 16.8. The van der Waals surface area contributed by atoms with Gasteiger partial charge in [-0.25, -0.2) is 13.2 Å². The number of rotatable bonds is 5. The first-order valence-electron chi connectivity index (χ1n) is 7.05. The van der Waals surface area contributed by atoms with Crippen molar-refractivity contribution in [2.24, 2.45) is 14.1 Å². The molecule has 0 bridgehead atoms. The zero-order valence-corrected chi connectivity index (χ0v) is 13.5. The van der Waals surface area contributed by atoms with E-state index in [1.54, 1.807) is 0 Å². The molecule has 1 fully saturated rings. The summed E-state index contributed by atoms with van der Waals surface area (Å²) >= 11 is 0. The molecule has 23 heavy (non-hydrogen) atoms. The van der Waals surface area contributed by atoms with E-state index in [9.17, 15) is 18.0 Å².